The van der Waals surface area contributed by atoms with Crippen molar-refractivity contribution in [3.8, 4) is 0 Å². The molecule has 3 bridgehead atoms. The van der Waals surface area contributed by atoms with E-state index in [-0.39, 0.29) is 5.97 Å². The number of halogens is 1. The van der Waals surface area contributed by atoms with Gasteiger partial charge in [0.1, 0.15) is 5.60 Å². The summed E-state index contributed by atoms with van der Waals surface area (Å²) in [4.78, 5) is 12.6. The molecule has 4 heteroatoms. The molecule has 0 aromatic heterocycles. The summed E-state index contributed by atoms with van der Waals surface area (Å²) in [6.07, 6.45) is 6.51. The van der Waals surface area contributed by atoms with Crippen molar-refractivity contribution in [2.24, 2.45) is 11.8 Å². The first kappa shape index (κ1) is 14.5. The van der Waals surface area contributed by atoms with Gasteiger partial charge < -0.3 is 9.84 Å². The standard InChI is InChI=1S/C18H21ClO3/c19-15-5-2-13(3-6-15)16(20)22-18-10-12-1-4-14(18)7-8-17(21,9-12)11-18/h2-3,5-6,12,14,21H,1,4,7-11H2. The van der Waals surface area contributed by atoms with Gasteiger partial charge >= 0.3 is 5.97 Å². The third-order valence-electron chi connectivity index (χ3n) is 5.93. The monoisotopic (exact) mass is 320 g/mol. The molecule has 3 aliphatic rings. The smallest absolute Gasteiger partial charge is 0.338 e. The number of carbonyl (C=O) groups is 1. The Balaban J connectivity index is 1.60. The predicted molar refractivity (Wildman–Crippen MR) is 83.8 cm³/mol. The number of benzene rings is 1. The maximum atomic E-state index is 12.6. The highest BCUT2D eigenvalue weighted by molar-refractivity contribution is 6.30. The summed E-state index contributed by atoms with van der Waals surface area (Å²) in [7, 11) is 0. The van der Waals surface area contributed by atoms with E-state index in [2.05, 4.69) is 0 Å². The Morgan fingerprint density at radius 3 is 2.73 bits per heavy atom. The van der Waals surface area contributed by atoms with Gasteiger partial charge in [0, 0.05) is 11.4 Å². The van der Waals surface area contributed by atoms with Crippen molar-refractivity contribution in [2.45, 2.75) is 56.1 Å². The maximum absolute atomic E-state index is 12.6. The van der Waals surface area contributed by atoms with Gasteiger partial charge in [-0.05, 0) is 74.6 Å². The van der Waals surface area contributed by atoms with E-state index in [1.54, 1.807) is 24.3 Å². The minimum absolute atomic E-state index is 0.284. The van der Waals surface area contributed by atoms with Crippen molar-refractivity contribution in [2.75, 3.05) is 0 Å². The van der Waals surface area contributed by atoms with Gasteiger partial charge in [-0.2, -0.15) is 0 Å². The number of hydrogen-bond donors (Lipinski definition) is 1. The van der Waals surface area contributed by atoms with Crippen LogP contribution in [0, 0.1) is 11.8 Å². The molecule has 0 heterocycles. The molecule has 0 radical (unpaired) electrons. The van der Waals surface area contributed by atoms with Crippen molar-refractivity contribution in [1.82, 2.24) is 0 Å². The lowest BCUT2D eigenvalue weighted by Gasteiger charge is -2.58. The zero-order valence-electron chi connectivity index (χ0n) is 12.6. The molecule has 3 fully saturated rings. The fraction of sp³-hybridized carbons (Fsp3) is 0.611. The summed E-state index contributed by atoms with van der Waals surface area (Å²) in [6.45, 7) is 0. The van der Waals surface area contributed by atoms with Crippen LogP contribution in [0.15, 0.2) is 24.3 Å². The molecule has 22 heavy (non-hydrogen) atoms. The van der Waals surface area contributed by atoms with Crippen molar-refractivity contribution in [3.63, 3.8) is 0 Å². The number of rotatable bonds is 2. The number of carbonyl (C=O) groups excluding carboxylic acids is 1. The van der Waals surface area contributed by atoms with Crippen molar-refractivity contribution < 1.29 is 14.6 Å². The zero-order chi connectivity index (χ0) is 15.4. The number of hydrogen-bond acceptors (Lipinski definition) is 3. The van der Waals surface area contributed by atoms with E-state index >= 15 is 0 Å². The second kappa shape index (κ2) is 4.97. The van der Waals surface area contributed by atoms with Crippen LogP contribution in [-0.2, 0) is 4.74 Å². The summed E-state index contributed by atoms with van der Waals surface area (Å²) in [6, 6.07) is 6.83. The van der Waals surface area contributed by atoms with Crippen LogP contribution in [0.4, 0.5) is 0 Å². The molecule has 4 unspecified atom stereocenters. The fourth-order valence-corrected chi connectivity index (χ4v) is 5.17. The summed E-state index contributed by atoms with van der Waals surface area (Å²) < 4.78 is 6.03. The Morgan fingerprint density at radius 1 is 1.18 bits per heavy atom. The van der Waals surface area contributed by atoms with Gasteiger partial charge in [-0.15, -0.1) is 0 Å². The Kier molecular flexibility index (Phi) is 3.28. The van der Waals surface area contributed by atoms with Gasteiger partial charge in [0.15, 0.2) is 0 Å². The van der Waals surface area contributed by atoms with E-state index in [1.165, 1.54) is 0 Å². The summed E-state index contributed by atoms with van der Waals surface area (Å²) in [5.41, 5.74) is -0.542. The summed E-state index contributed by atoms with van der Waals surface area (Å²) in [5, 5.41) is 11.4. The summed E-state index contributed by atoms with van der Waals surface area (Å²) >= 11 is 5.88. The second-order valence-corrected chi connectivity index (χ2v) is 7.89. The third-order valence-corrected chi connectivity index (χ3v) is 6.18. The second-order valence-electron chi connectivity index (χ2n) is 7.45. The molecule has 3 nitrogen and oxygen atoms in total. The highest BCUT2D eigenvalue weighted by atomic mass is 35.5. The molecular formula is C18H21ClO3. The Bertz CT molecular complexity index is 599. The molecule has 0 amide bonds. The van der Waals surface area contributed by atoms with Crippen LogP contribution in [0.1, 0.15) is 55.3 Å². The Hall–Kier alpha value is -1.06. The van der Waals surface area contributed by atoms with Crippen LogP contribution in [0.2, 0.25) is 5.02 Å². The first-order chi connectivity index (χ1) is 10.5. The predicted octanol–water partition coefficient (Wildman–Crippen LogP) is 3.97. The van der Waals surface area contributed by atoms with Crippen molar-refractivity contribution in [1.29, 1.82) is 0 Å². The van der Waals surface area contributed by atoms with Gasteiger partial charge in [-0.25, -0.2) is 4.79 Å². The number of fused-ring (bicyclic) bond motifs is 2. The zero-order valence-corrected chi connectivity index (χ0v) is 13.3. The van der Waals surface area contributed by atoms with Crippen molar-refractivity contribution in [3.05, 3.63) is 34.9 Å². The highest BCUT2D eigenvalue weighted by Crippen LogP contribution is 2.58. The normalized spacial score (nSPS) is 39.5. The molecule has 1 N–H and O–H groups in total. The van der Waals surface area contributed by atoms with Crippen LogP contribution in [0.5, 0.6) is 0 Å². The number of esters is 1. The maximum Gasteiger partial charge on any atom is 0.338 e. The molecule has 4 atom stereocenters. The molecule has 3 saturated carbocycles. The first-order valence-electron chi connectivity index (χ1n) is 8.19. The third kappa shape index (κ3) is 2.35. The van der Waals surface area contributed by atoms with Crippen LogP contribution in [0.3, 0.4) is 0 Å². The molecular weight excluding hydrogens is 300 g/mol. The summed E-state index contributed by atoms with van der Waals surface area (Å²) in [5.74, 6) is 0.613. The average Bonchev–Trinajstić information content (AvgIpc) is 2.45. The fourth-order valence-electron chi connectivity index (χ4n) is 5.05. The Morgan fingerprint density at radius 2 is 1.95 bits per heavy atom. The van der Waals surface area contributed by atoms with E-state index in [1.807, 2.05) is 0 Å². The van der Waals surface area contributed by atoms with Crippen LogP contribution < -0.4 is 0 Å². The lowest BCUT2D eigenvalue weighted by Crippen LogP contribution is -2.60. The van der Waals surface area contributed by atoms with E-state index in [4.69, 9.17) is 16.3 Å². The topological polar surface area (TPSA) is 46.5 Å². The minimum atomic E-state index is -0.625. The molecule has 1 aromatic carbocycles. The molecule has 4 rings (SSSR count). The van der Waals surface area contributed by atoms with Crippen LogP contribution in [0.25, 0.3) is 0 Å². The molecule has 0 aliphatic heterocycles. The molecule has 0 spiro atoms. The van der Waals surface area contributed by atoms with Gasteiger partial charge in [0.05, 0.1) is 11.2 Å². The Labute approximate surface area is 135 Å². The van der Waals surface area contributed by atoms with Gasteiger partial charge in [0.2, 0.25) is 0 Å². The number of aliphatic hydroxyl groups is 1. The SMILES string of the molecule is O=C(OC12CC3CCC1CCC(O)(C3)C2)c1ccc(Cl)cc1. The molecule has 3 aliphatic carbocycles. The quantitative estimate of drug-likeness (QED) is 0.839. The average molecular weight is 321 g/mol. The van der Waals surface area contributed by atoms with E-state index in [0.29, 0.717) is 28.8 Å². The van der Waals surface area contributed by atoms with E-state index in [9.17, 15) is 9.90 Å². The minimum Gasteiger partial charge on any atom is -0.455 e. The van der Waals surface area contributed by atoms with Crippen LogP contribution >= 0.6 is 11.6 Å². The van der Waals surface area contributed by atoms with Crippen LogP contribution in [-0.4, -0.2) is 22.3 Å². The number of ether oxygens (including phenoxy) is 1. The molecule has 0 saturated heterocycles. The highest BCUT2D eigenvalue weighted by Gasteiger charge is 2.59. The van der Waals surface area contributed by atoms with E-state index < -0.39 is 11.2 Å². The molecule has 1 aromatic rings. The van der Waals surface area contributed by atoms with Gasteiger partial charge in [0.25, 0.3) is 0 Å². The first-order valence-corrected chi connectivity index (χ1v) is 8.57. The van der Waals surface area contributed by atoms with Gasteiger partial charge in [-0.1, -0.05) is 11.6 Å². The largest absolute Gasteiger partial charge is 0.455 e. The van der Waals surface area contributed by atoms with E-state index in [0.717, 1.165) is 38.5 Å². The molecule has 118 valence electrons. The lowest BCUT2D eigenvalue weighted by atomic mass is 9.53. The van der Waals surface area contributed by atoms with Gasteiger partial charge in [-0.3, -0.25) is 0 Å². The van der Waals surface area contributed by atoms with Crippen molar-refractivity contribution >= 4 is 17.6 Å². The lowest BCUT2D eigenvalue weighted by molar-refractivity contribution is -0.199.